The quantitative estimate of drug-likeness (QED) is 0.391. The maximum atomic E-state index is 12.7. The standard InChI is InChI=1S/C20H23Cl2N5OS/c21-15-4-3-5-16(12-15)25-8-10-27(11-9-25)19(28)14-29-20-23-17(22)13-18(24-20)26-6-1-2-7-26/h3-5,12-13H,1-2,6-11,14H2. The van der Waals surface area contributed by atoms with Crippen LogP contribution in [0.25, 0.3) is 0 Å². The summed E-state index contributed by atoms with van der Waals surface area (Å²) in [5.41, 5.74) is 1.10. The van der Waals surface area contributed by atoms with Crippen LogP contribution >= 0.6 is 35.0 Å². The summed E-state index contributed by atoms with van der Waals surface area (Å²) in [6.45, 7) is 4.97. The van der Waals surface area contributed by atoms with Gasteiger partial charge in [-0.15, -0.1) is 0 Å². The number of amides is 1. The number of carbonyl (C=O) groups excluding carboxylic acids is 1. The molecule has 29 heavy (non-hydrogen) atoms. The molecule has 0 saturated carbocycles. The zero-order valence-corrected chi connectivity index (χ0v) is 18.4. The zero-order chi connectivity index (χ0) is 20.2. The second-order valence-corrected chi connectivity index (χ2v) is 8.93. The number of hydrogen-bond acceptors (Lipinski definition) is 6. The summed E-state index contributed by atoms with van der Waals surface area (Å²) in [4.78, 5) is 27.9. The molecule has 0 aliphatic carbocycles. The van der Waals surface area contributed by atoms with Crippen molar-refractivity contribution in [1.29, 1.82) is 0 Å². The van der Waals surface area contributed by atoms with Crippen molar-refractivity contribution in [1.82, 2.24) is 14.9 Å². The third-order valence-electron chi connectivity index (χ3n) is 5.22. The van der Waals surface area contributed by atoms with Crippen LogP contribution in [0.5, 0.6) is 0 Å². The number of benzene rings is 1. The lowest BCUT2D eigenvalue weighted by Gasteiger charge is -2.36. The van der Waals surface area contributed by atoms with E-state index in [9.17, 15) is 4.79 Å². The first kappa shape index (κ1) is 20.6. The molecular formula is C20H23Cl2N5OS. The van der Waals surface area contributed by atoms with E-state index in [-0.39, 0.29) is 5.91 Å². The molecule has 2 aliphatic rings. The lowest BCUT2D eigenvalue weighted by molar-refractivity contribution is -0.128. The van der Waals surface area contributed by atoms with Crippen LogP contribution < -0.4 is 9.80 Å². The number of carbonyl (C=O) groups is 1. The van der Waals surface area contributed by atoms with Gasteiger partial charge in [-0.1, -0.05) is 41.0 Å². The molecular weight excluding hydrogens is 429 g/mol. The van der Waals surface area contributed by atoms with Gasteiger partial charge < -0.3 is 14.7 Å². The summed E-state index contributed by atoms with van der Waals surface area (Å²) in [6.07, 6.45) is 2.34. The lowest BCUT2D eigenvalue weighted by atomic mass is 10.2. The zero-order valence-electron chi connectivity index (χ0n) is 16.1. The second kappa shape index (κ2) is 9.41. The maximum absolute atomic E-state index is 12.7. The molecule has 0 atom stereocenters. The van der Waals surface area contributed by atoms with Gasteiger partial charge in [0.1, 0.15) is 11.0 Å². The SMILES string of the molecule is O=C(CSc1nc(Cl)cc(N2CCCC2)n1)N1CCN(c2cccc(Cl)c2)CC1. The Balaban J connectivity index is 1.30. The van der Waals surface area contributed by atoms with Gasteiger partial charge in [-0.2, -0.15) is 0 Å². The predicted molar refractivity (Wildman–Crippen MR) is 119 cm³/mol. The Labute approximate surface area is 185 Å². The van der Waals surface area contributed by atoms with E-state index < -0.39 is 0 Å². The van der Waals surface area contributed by atoms with Gasteiger partial charge >= 0.3 is 0 Å². The number of nitrogens with zero attached hydrogens (tertiary/aromatic N) is 5. The number of halogens is 2. The molecule has 2 aliphatic heterocycles. The number of rotatable bonds is 5. The third kappa shape index (κ3) is 5.27. The molecule has 1 aromatic heterocycles. The highest BCUT2D eigenvalue weighted by Gasteiger charge is 2.22. The molecule has 0 N–H and O–H groups in total. The van der Waals surface area contributed by atoms with E-state index in [1.54, 1.807) is 6.07 Å². The van der Waals surface area contributed by atoms with Crippen LogP contribution in [0.3, 0.4) is 0 Å². The summed E-state index contributed by atoms with van der Waals surface area (Å²) in [5.74, 6) is 1.27. The van der Waals surface area contributed by atoms with E-state index >= 15 is 0 Å². The van der Waals surface area contributed by atoms with Crippen LogP contribution in [0.4, 0.5) is 11.5 Å². The molecule has 1 amide bonds. The highest BCUT2D eigenvalue weighted by Crippen LogP contribution is 2.25. The Kier molecular flexibility index (Phi) is 6.67. The molecule has 2 fully saturated rings. The first-order valence-electron chi connectivity index (χ1n) is 9.79. The van der Waals surface area contributed by atoms with Crippen molar-refractivity contribution in [2.24, 2.45) is 0 Å². The molecule has 0 bridgehead atoms. The van der Waals surface area contributed by atoms with Crippen molar-refractivity contribution < 1.29 is 4.79 Å². The highest BCUT2D eigenvalue weighted by atomic mass is 35.5. The fourth-order valence-corrected chi connectivity index (χ4v) is 4.83. The van der Waals surface area contributed by atoms with Gasteiger partial charge in [-0.3, -0.25) is 4.79 Å². The Morgan fingerprint density at radius 3 is 2.45 bits per heavy atom. The number of hydrogen-bond donors (Lipinski definition) is 0. The molecule has 3 heterocycles. The van der Waals surface area contributed by atoms with Crippen LogP contribution in [-0.4, -0.2) is 65.8 Å². The molecule has 9 heteroatoms. The van der Waals surface area contributed by atoms with Crippen LogP contribution in [0.15, 0.2) is 35.5 Å². The van der Waals surface area contributed by atoms with Crippen molar-refractivity contribution in [2.45, 2.75) is 18.0 Å². The van der Waals surface area contributed by atoms with Gasteiger partial charge in [0, 0.05) is 56.0 Å². The Bertz CT molecular complexity index is 870. The van der Waals surface area contributed by atoms with Gasteiger partial charge in [0.05, 0.1) is 5.75 Å². The van der Waals surface area contributed by atoms with E-state index in [0.717, 1.165) is 42.7 Å². The third-order valence-corrected chi connectivity index (χ3v) is 6.48. The highest BCUT2D eigenvalue weighted by molar-refractivity contribution is 7.99. The molecule has 4 rings (SSSR count). The first-order chi connectivity index (χ1) is 14.1. The minimum Gasteiger partial charge on any atom is -0.368 e. The van der Waals surface area contributed by atoms with Crippen LogP contribution in [-0.2, 0) is 4.79 Å². The summed E-state index contributed by atoms with van der Waals surface area (Å²) in [7, 11) is 0. The van der Waals surface area contributed by atoms with E-state index in [1.807, 2.05) is 29.2 Å². The lowest BCUT2D eigenvalue weighted by Crippen LogP contribution is -2.49. The first-order valence-corrected chi connectivity index (χ1v) is 11.5. The largest absolute Gasteiger partial charge is 0.368 e. The number of aromatic nitrogens is 2. The van der Waals surface area contributed by atoms with Gasteiger partial charge in [0.15, 0.2) is 5.16 Å². The Morgan fingerprint density at radius 1 is 0.966 bits per heavy atom. The van der Waals surface area contributed by atoms with Crippen molar-refractivity contribution in [3.63, 3.8) is 0 Å². The number of anilines is 2. The van der Waals surface area contributed by atoms with Gasteiger partial charge in [0.2, 0.25) is 5.91 Å². The fraction of sp³-hybridized carbons (Fsp3) is 0.450. The molecule has 2 aromatic rings. The minimum atomic E-state index is 0.104. The summed E-state index contributed by atoms with van der Waals surface area (Å²) in [6, 6.07) is 9.63. The average Bonchev–Trinajstić information content (AvgIpc) is 3.27. The molecule has 154 valence electrons. The maximum Gasteiger partial charge on any atom is 0.233 e. The number of piperazine rings is 1. The normalized spacial score (nSPS) is 17.1. The van der Waals surface area contributed by atoms with Crippen molar-refractivity contribution in [3.8, 4) is 0 Å². The average molecular weight is 452 g/mol. The molecule has 1 aromatic carbocycles. The molecule has 2 saturated heterocycles. The Hall–Kier alpha value is -1.70. The van der Waals surface area contributed by atoms with Gasteiger partial charge in [-0.05, 0) is 31.0 Å². The topological polar surface area (TPSA) is 52.6 Å². The molecule has 0 spiro atoms. The summed E-state index contributed by atoms with van der Waals surface area (Å²) < 4.78 is 0. The van der Waals surface area contributed by atoms with Crippen molar-refractivity contribution in [2.75, 3.05) is 54.8 Å². The minimum absolute atomic E-state index is 0.104. The van der Waals surface area contributed by atoms with Crippen LogP contribution in [0, 0.1) is 0 Å². The van der Waals surface area contributed by atoms with E-state index in [1.165, 1.54) is 24.6 Å². The van der Waals surface area contributed by atoms with E-state index in [0.29, 0.717) is 29.2 Å². The number of thioether (sulfide) groups is 1. The van der Waals surface area contributed by atoms with E-state index in [4.69, 9.17) is 23.2 Å². The predicted octanol–water partition coefficient (Wildman–Crippen LogP) is 3.82. The fourth-order valence-electron chi connectivity index (χ4n) is 3.66. The van der Waals surface area contributed by atoms with Gasteiger partial charge in [0.25, 0.3) is 0 Å². The second-order valence-electron chi connectivity index (χ2n) is 7.16. The van der Waals surface area contributed by atoms with E-state index in [2.05, 4.69) is 19.8 Å². The van der Waals surface area contributed by atoms with Gasteiger partial charge in [-0.25, -0.2) is 9.97 Å². The monoisotopic (exact) mass is 451 g/mol. The molecule has 0 unspecified atom stereocenters. The van der Waals surface area contributed by atoms with Crippen molar-refractivity contribution >= 4 is 52.4 Å². The summed E-state index contributed by atoms with van der Waals surface area (Å²) in [5, 5.41) is 1.71. The van der Waals surface area contributed by atoms with Crippen LogP contribution in [0.2, 0.25) is 10.2 Å². The molecule has 6 nitrogen and oxygen atoms in total. The van der Waals surface area contributed by atoms with Crippen molar-refractivity contribution in [3.05, 3.63) is 40.5 Å². The smallest absolute Gasteiger partial charge is 0.233 e. The van der Waals surface area contributed by atoms with Crippen LogP contribution in [0.1, 0.15) is 12.8 Å². The summed E-state index contributed by atoms with van der Waals surface area (Å²) >= 11 is 13.6. The molecule has 0 radical (unpaired) electrons. The Morgan fingerprint density at radius 2 is 1.72 bits per heavy atom.